The number of rotatable bonds is 3. The summed E-state index contributed by atoms with van der Waals surface area (Å²) in [4.78, 5) is 25.8. The quantitative estimate of drug-likeness (QED) is 0.738. The largest absolute Gasteiger partial charge is 0.346 e. The first-order valence-electron chi connectivity index (χ1n) is 10.7. The van der Waals surface area contributed by atoms with Gasteiger partial charge in [0.05, 0.1) is 12.2 Å². The van der Waals surface area contributed by atoms with Gasteiger partial charge in [0.25, 0.3) is 0 Å². The molecule has 162 valence electrons. The van der Waals surface area contributed by atoms with E-state index in [1.54, 1.807) is 11.3 Å². The standard InChI is InChI=1S/C21H32F2N4OS/c1-20(2)14-27(17(28)12-15-4-6-21(22,23)7-5-15)13-16-18(20)24-19(29-16)26-10-8-25(3)9-11-26/h15H,4-14H2,1-3H3. The van der Waals surface area contributed by atoms with Crippen molar-refractivity contribution in [2.75, 3.05) is 44.7 Å². The van der Waals surface area contributed by atoms with Gasteiger partial charge in [0.2, 0.25) is 11.8 Å². The molecule has 2 aliphatic heterocycles. The van der Waals surface area contributed by atoms with Crippen LogP contribution in [0.5, 0.6) is 0 Å². The molecule has 5 nitrogen and oxygen atoms in total. The molecule has 0 radical (unpaired) electrons. The number of carbonyl (C=O) groups is 1. The molecule has 0 aromatic carbocycles. The number of carbonyl (C=O) groups excluding carboxylic acids is 1. The van der Waals surface area contributed by atoms with Gasteiger partial charge in [-0.25, -0.2) is 13.8 Å². The second-order valence-corrected chi connectivity index (χ2v) is 10.8. The van der Waals surface area contributed by atoms with Crippen LogP contribution in [0, 0.1) is 5.92 Å². The number of anilines is 1. The fraction of sp³-hybridized carbons (Fsp3) is 0.810. The van der Waals surface area contributed by atoms with Crippen LogP contribution in [-0.4, -0.2) is 66.4 Å². The molecule has 0 unspecified atom stereocenters. The molecule has 2 fully saturated rings. The van der Waals surface area contributed by atoms with E-state index in [0.717, 1.165) is 37.0 Å². The summed E-state index contributed by atoms with van der Waals surface area (Å²) < 4.78 is 26.8. The van der Waals surface area contributed by atoms with E-state index in [-0.39, 0.29) is 30.1 Å². The number of likely N-dealkylation sites (N-methyl/N-ethyl adjacent to an activating group) is 1. The first-order chi connectivity index (χ1) is 13.6. The summed E-state index contributed by atoms with van der Waals surface area (Å²) in [5, 5.41) is 1.07. The van der Waals surface area contributed by atoms with E-state index < -0.39 is 5.92 Å². The normalized spacial score (nSPS) is 25.1. The maximum Gasteiger partial charge on any atom is 0.248 e. The number of piperazine rings is 1. The Morgan fingerprint density at radius 1 is 1.17 bits per heavy atom. The van der Waals surface area contributed by atoms with Crippen molar-refractivity contribution < 1.29 is 13.6 Å². The summed E-state index contributed by atoms with van der Waals surface area (Å²) in [6.07, 6.45) is 1.14. The summed E-state index contributed by atoms with van der Waals surface area (Å²) in [5.74, 6) is -2.34. The molecule has 1 aromatic heterocycles. The number of thiazole rings is 1. The van der Waals surface area contributed by atoms with Gasteiger partial charge in [-0.2, -0.15) is 0 Å². The summed E-state index contributed by atoms with van der Waals surface area (Å²) >= 11 is 1.72. The fourth-order valence-electron chi connectivity index (χ4n) is 4.75. The summed E-state index contributed by atoms with van der Waals surface area (Å²) in [6, 6.07) is 0. The zero-order valence-corrected chi connectivity index (χ0v) is 18.5. The van der Waals surface area contributed by atoms with Crippen LogP contribution in [0.25, 0.3) is 0 Å². The van der Waals surface area contributed by atoms with Crippen LogP contribution >= 0.6 is 11.3 Å². The van der Waals surface area contributed by atoms with Crippen LogP contribution in [0.4, 0.5) is 13.9 Å². The molecule has 1 saturated heterocycles. The molecular weight excluding hydrogens is 394 g/mol. The smallest absolute Gasteiger partial charge is 0.248 e. The van der Waals surface area contributed by atoms with Crippen LogP contribution in [0.2, 0.25) is 0 Å². The molecule has 1 aliphatic carbocycles. The van der Waals surface area contributed by atoms with E-state index in [1.807, 2.05) is 4.90 Å². The Balaban J connectivity index is 1.43. The number of fused-ring (bicyclic) bond motifs is 1. The number of alkyl halides is 2. The first-order valence-corrected chi connectivity index (χ1v) is 11.5. The van der Waals surface area contributed by atoms with Gasteiger partial charge in [-0.3, -0.25) is 4.79 Å². The van der Waals surface area contributed by atoms with Crippen LogP contribution in [0.1, 0.15) is 56.5 Å². The second-order valence-electron chi connectivity index (χ2n) is 9.70. The topological polar surface area (TPSA) is 39.7 Å². The van der Waals surface area contributed by atoms with Crippen molar-refractivity contribution in [3.05, 3.63) is 10.6 Å². The lowest BCUT2D eigenvalue weighted by Crippen LogP contribution is -2.45. The number of halogens is 2. The minimum atomic E-state index is -2.54. The SMILES string of the molecule is CN1CCN(c2nc3c(s2)CN(C(=O)CC2CCC(F)(F)CC2)CC3(C)C)CC1. The van der Waals surface area contributed by atoms with Gasteiger partial charge in [-0.1, -0.05) is 25.2 Å². The lowest BCUT2D eigenvalue weighted by atomic mass is 9.83. The molecular formula is C21H32F2N4OS. The number of hydrogen-bond donors (Lipinski definition) is 0. The highest BCUT2D eigenvalue weighted by Gasteiger charge is 2.40. The molecule has 0 N–H and O–H groups in total. The van der Waals surface area contributed by atoms with Gasteiger partial charge < -0.3 is 14.7 Å². The second kappa shape index (κ2) is 7.76. The average molecular weight is 427 g/mol. The van der Waals surface area contributed by atoms with Gasteiger partial charge in [-0.15, -0.1) is 0 Å². The van der Waals surface area contributed by atoms with Gasteiger partial charge in [-0.05, 0) is 25.8 Å². The van der Waals surface area contributed by atoms with Gasteiger partial charge in [0.1, 0.15) is 0 Å². The highest BCUT2D eigenvalue weighted by atomic mass is 32.1. The fourth-order valence-corrected chi connectivity index (χ4v) is 6.05. The third-order valence-corrected chi connectivity index (χ3v) is 7.78. The minimum absolute atomic E-state index is 0.0795. The Kier molecular flexibility index (Phi) is 5.61. The average Bonchev–Trinajstić information content (AvgIpc) is 3.09. The first kappa shape index (κ1) is 21.0. The highest BCUT2D eigenvalue weighted by molar-refractivity contribution is 7.15. The molecule has 0 bridgehead atoms. The van der Waals surface area contributed by atoms with Crippen molar-refractivity contribution in [2.24, 2.45) is 5.92 Å². The molecule has 8 heteroatoms. The van der Waals surface area contributed by atoms with Crippen LogP contribution in [0.15, 0.2) is 0 Å². The molecule has 1 amide bonds. The lowest BCUT2D eigenvalue weighted by molar-refractivity contribution is -0.135. The van der Waals surface area contributed by atoms with Crippen molar-refractivity contribution in [3.63, 3.8) is 0 Å². The Morgan fingerprint density at radius 2 is 1.83 bits per heavy atom. The molecule has 4 rings (SSSR count). The predicted molar refractivity (Wildman–Crippen MR) is 112 cm³/mol. The van der Waals surface area contributed by atoms with E-state index in [9.17, 15) is 13.6 Å². The van der Waals surface area contributed by atoms with E-state index in [1.165, 1.54) is 4.88 Å². The number of amides is 1. The van der Waals surface area contributed by atoms with E-state index in [4.69, 9.17) is 4.98 Å². The van der Waals surface area contributed by atoms with Gasteiger partial charge in [0.15, 0.2) is 5.13 Å². The minimum Gasteiger partial charge on any atom is -0.346 e. The van der Waals surface area contributed by atoms with E-state index in [2.05, 4.69) is 30.7 Å². The van der Waals surface area contributed by atoms with Gasteiger partial charge >= 0.3 is 0 Å². The molecule has 0 spiro atoms. The van der Waals surface area contributed by atoms with Crippen molar-refractivity contribution in [3.8, 4) is 0 Å². The third-order valence-electron chi connectivity index (χ3n) is 6.67. The summed E-state index contributed by atoms with van der Waals surface area (Å²) in [7, 11) is 2.14. The highest BCUT2D eigenvalue weighted by Crippen LogP contribution is 2.41. The van der Waals surface area contributed by atoms with E-state index >= 15 is 0 Å². The van der Waals surface area contributed by atoms with Crippen molar-refractivity contribution >= 4 is 22.4 Å². The molecule has 1 aromatic rings. The number of nitrogens with zero attached hydrogens (tertiary/aromatic N) is 4. The third kappa shape index (κ3) is 4.58. The van der Waals surface area contributed by atoms with Crippen molar-refractivity contribution in [1.82, 2.24) is 14.8 Å². The zero-order chi connectivity index (χ0) is 20.8. The molecule has 29 heavy (non-hydrogen) atoms. The van der Waals surface area contributed by atoms with E-state index in [0.29, 0.717) is 32.4 Å². The molecule has 3 aliphatic rings. The van der Waals surface area contributed by atoms with Crippen LogP contribution in [0.3, 0.4) is 0 Å². The number of aromatic nitrogens is 1. The Bertz CT molecular complexity index is 748. The summed E-state index contributed by atoms with van der Waals surface area (Å²) in [6.45, 7) is 9.60. The summed E-state index contributed by atoms with van der Waals surface area (Å²) in [5.41, 5.74) is 0.933. The maximum atomic E-state index is 13.4. The molecule has 3 heterocycles. The lowest BCUT2D eigenvalue weighted by Gasteiger charge is -2.38. The van der Waals surface area contributed by atoms with Crippen molar-refractivity contribution in [2.45, 2.75) is 63.8 Å². The van der Waals surface area contributed by atoms with Crippen LogP contribution in [-0.2, 0) is 16.8 Å². The van der Waals surface area contributed by atoms with Gasteiger partial charge in [0, 0.05) is 62.3 Å². The monoisotopic (exact) mass is 426 g/mol. The zero-order valence-electron chi connectivity index (χ0n) is 17.7. The predicted octanol–water partition coefficient (Wildman–Crippen LogP) is 3.73. The maximum absolute atomic E-state index is 13.4. The van der Waals surface area contributed by atoms with Crippen molar-refractivity contribution in [1.29, 1.82) is 0 Å². The Labute approximate surface area is 176 Å². The van der Waals surface area contributed by atoms with Crippen LogP contribution < -0.4 is 4.90 Å². The number of hydrogen-bond acceptors (Lipinski definition) is 5. The Morgan fingerprint density at radius 3 is 2.48 bits per heavy atom. The molecule has 0 atom stereocenters. The Hall–Kier alpha value is -1.28. The molecule has 1 saturated carbocycles.